The molecule has 5 heteroatoms. The summed E-state index contributed by atoms with van der Waals surface area (Å²) in [5.41, 5.74) is -1.98. The Hall–Kier alpha value is -1.42. The third-order valence-corrected chi connectivity index (χ3v) is 2.51. The Kier molecular flexibility index (Phi) is 3.33. The van der Waals surface area contributed by atoms with Crippen molar-refractivity contribution in [3.63, 3.8) is 0 Å². The van der Waals surface area contributed by atoms with Gasteiger partial charge in [-0.15, -0.1) is 0 Å². The number of carboxylic acid groups (broad SMARTS) is 1. The number of carbonyl (C=O) groups is 2. The second kappa shape index (κ2) is 4.22. The first kappa shape index (κ1) is 12.6. The minimum Gasteiger partial charge on any atom is -0.481 e. The van der Waals surface area contributed by atoms with E-state index in [1.165, 1.54) is 19.9 Å². The summed E-state index contributed by atoms with van der Waals surface area (Å²) in [5, 5.41) is 9.04. The number of aliphatic carboxylic acids is 1. The average Bonchev–Trinajstić information content (AvgIpc) is 2.20. The molecule has 0 saturated carbocycles. The molecule has 16 heavy (non-hydrogen) atoms. The van der Waals surface area contributed by atoms with Crippen molar-refractivity contribution in [1.29, 1.82) is 0 Å². The van der Waals surface area contributed by atoms with Crippen molar-refractivity contribution >= 4 is 23.4 Å². The molecule has 0 radical (unpaired) electrons. The van der Waals surface area contributed by atoms with Crippen molar-refractivity contribution in [2.45, 2.75) is 13.8 Å². The van der Waals surface area contributed by atoms with Crippen LogP contribution in [0.2, 0.25) is 5.02 Å². The fourth-order valence-corrected chi connectivity index (χ4v) is 1.28. The lowest BCUT2D eigenvalue weighted by atomic mass is 9.84. The summed E-state index contributed by atoms with van der Waals surface area (Å²) in [6, 6.07) is 3.46. The zero-order chi connectivity index (χ0) is 12.5. The molecule has 0 bridgehead atoms. The van der Waals surface area contributed by atoms with Crippen LogP contribution in [-0.2, 0) is 4.79 Å². The van der Waals surface area contributed by atoms with Crippen molar-refractivity contribution in [2.24, 2.45) is 5.41 Å². The van der Waals surface area contributed by atoms with Crippen LogP contribution in [0.3, 0.4) is 0 Å². The van der Waals surface area contributed by atoms with Gasteiger partial charge in [-0.1, -0.05) is 11.6 Å². The molecule has 86 valence electrons. The van der Waals surface area contributed by atoms with E-state index in [1.807, 2.05) is 0 Å². The van der Waals surface area contributed by atoms with Crippen molar-refractivity contribution in [2.75, 3.05) is 0 Å². The lowest BCUT2D eigenvalue weighted by Crippen LogP contribution is -2.33. The molecule has 1 rings (SSSR count). The Balaban J connectivity index is 3.25. The van der Waals surface area contributed by atoms with Gasteiger partial charge >= 0.3 is 5.97 Å². The molecule has 1 N–H and O–H groups in total. The van der Waals surface area contributed by atoms with Gasteiger partial charge in [0, 0.05) is 5.02 Å². The molecule has 0 aliphatic carbocycles. The largest absolute Gasteiger partial charge is 0.481 e. The standard InChI is InChI=1S/C11H10ClFO3/c1-11(2,10(15)16)9(14)7-5-6(12)3-4-8(7)13/h3-5H,1-2H3,(H,15,16). The van der Waals surface area contributed by atoms with Gasteiger partial charge in [0.15, 0.2) is 5.78 Å². The average molecular weight is 245 g/mol. The summed E-state index contributed by atoms with van der Waals surface area (Å²) in [6.07, 6.45) is 0. The van der Waals surface area contributed by atoms with Crippen molar-refractivity contribution < 1.29 is 19.1 Å². The van der Waals surface area contributed by atoms with Crippen LogP contribution in [0.1, 0.15) is 24.2 Å². The van der Waals surface area contributed by atoms with Crippen molar-refractivity contribution in [1.82, 2.24) is 0 Å². The van der Waals surface area contributed by atoms with Gasteiger partial charge in [0.25, 0.3) is 0 Å². The monoisotopic (exact) mass is 244 g/mol. The lowest BCUT2D eigenvalue weighted by molar-refractivity contribution is -0.144. The van der Waals surface area contributed by atoms with Gasteiger partial charge in [-0.3, -0.25) is 9.59 Å². The summed E-state index contributed by atoms with van der Waals surface area (Å²) in [4.78, 5) is 22.7. The molecule has 0 saturated heterocycles. The van der Waals surface area contributed by atoms with E-state index in [-0.39, 0.29) is 10.6 Å². The van der Waals surface area contributed by atoms with Gasteiger partial charge in [0.05, 0.1) is 5.56 Å². The maximum atomic E-state index is 13.3. The molecular weight excluding hydrogens is 235 g/mol. The van der Waals surface area contributed by atoms with Crippen LogP contribution in [0.4, 0.5) is 4.39 Å². The van der Waals surface area contributed by atoms with E-state index in [4.69, 9.17) is 16.7 Å². The second-order valence-electron chi connectivity index (χ2n) is 3.88. The number of rotatable bonds is 3. The first-order valence-corrected chi connectivity index (χ1v) is 4.88. The van der Waals surface area contributed by atoms with Crippen LogP contribution < -0.4 is 0 Å². The predicted molar refractivity (Wildman–Crippen MR) is 57.2 cm³/mol. The number of hydrogen-bond donors (Lipinski definition) is 1. The number of carboxylic acids is 1. The molecule has 0 heterocycles. The zero-order valence-corrected chi connectivity index (χ0v) is 9.51. The summed E-state index contributed by atoms with van der Waals surface area (Å²) < 4.78 is 13.3. The fourth-order valence-electron chi connectivity index (χ4n) is 1.11. The molecule has 0 amide bonds. The molecular formula is C11H10ClFO3. The Morgan fingerprint density at radius 1 is 1.38 bits per heavy atom. The number of carbonyl (C=O) groups excluding carboxylic acids is 1. The number of benzene rings is 1. The van der Waals surface area contributed by atoms with Gasteiger partial charge in [-0.05, 0) is 32.0 Å². The highest BCUT2D eigenvalue weighted by molar-refractivity contribution is 6.31. The predicted octanol–water partition coefficient (Wildman–Crippen LogP) is 2.77. The molecule has 1 aromatic rings. The number of halogens is 2. The Morgan fingerprint density at radius 2 is 1.94 bits per heavy atom. The highest BCUT2D eigenvalue weighted by atomic mass is 35.5. The van der Waals surface area contributed by atoms with E-state index in [0.717, 1.165) is 12.1 Å². The molecule has 0 aliphatic rings. The molecule has 1 aromatic carbocycles. The first-order valence-electron chi connectivity index (χ1n) is 4.50. The summed E-state index contributed by atoms with van der Waals surface area (Å²) >= 11 is 5.62. The summed E-state index contributed by atoms with van der Waals surface area (Å²) in [5.74, 6) is -2.89. The Bertz CT molecular complexity index is 455. The van der Waals surface area contributed by atoms with E-state index in [0.29, 0.717) is 0 Å². The van der Waals surface area contributed by atoms with E-state index in [1.54, 1.807) is 0 Å². The van der Waals surface area contributed by atoms with Crippen LogP contribution in [-0.4, -0.2) is 16.9 Å². The molecule has 0 aromatic heterocycles. The summed E-state index contributed by atoms with van der Waals surface area (Å²) in [7, 11) is 0. The molecule has 0 unspecified atom stereocenters. The minimum absolute atomic E-state index is 0.186. The minimum atomic E-state index is -1.68. The fraction of sp³-hybridized carbons (Fsp3) is 0.273. The highest BCUT2D eigenvalue weighted by Crippen LogP contribution is 2.25. The van der Waals surface area contributed by atoms with Gasteiger partial charge in [-0.25, -0.2) is 4.39 Å². The van der Waals surface area contributed by atoms with Crippen LogP contribution in [0.25, 0.3) is 0 Å². The van der Waals surface area contributed by atoms with Gasteiger partial charge in [0.2, 0.25) is 0 Å². The SMILES string of the molecule is CC(C)(C(=O)O)C(=O)c1cc(Cl)ccc1F. The number of hydrogen-bond acceptors (Lipinski definition) is 2. The van der Waals surface area contributed by atoms with Crippen LogP contribution in [0.5, 0.6) is 0 Å². The Labute approximate surface area is 96.8 Å². The third-order valence-electron chi connectivity index (χ3n) is 2.28. The number of Topliss-reactive ketones (excluding diaryl/α,β-unsaturated/α-hetero) is 1. The molecule has 0 atom stereocenters. The van der Waals surface area contributed by atoms with E-state index >= 15 is 0 Å². The second-order valence-corrected chi connectivity index (χ2v) is 4.32. The maximum absolute atomic E-state index is 13.3. The third kappa shape index (κ3) is 2.22. The molecule has 0 spiro atoms. The van der Waals surface area contributed by atoms with Gasteiger partial charge in [-0.2, -0.15) is 0 Å². The van der Waals surface area contributed by atoms with E-state index in [2.05, 4.69) is 0 Å². The quantitative estimate of drug-likeness (QED) is 0.657. The van der Waals surface area contributed by atoms with E-state index < -0.39 is 23.0 Å². The summed E-state index contributed by atoms with van der Waals surface area (Å²) in [6.45, 7) is 2.44. The Morgan fingerprint density at radius 3 is 2.44 bits per heavy atom. The van der Waals surface area contributed by atoms with Crippen LogP contribution in [0, 0.1) is 11.2 Å². The lowest BCUT2D eigenvalue weighted by Gasteiger charge is -2.17. The zero-order valence-electron chi connectivity index (χ0n) is 8.75. The topological polar surface area (TPSA) is 54.4 Å². The van der Waals surface area contributed by atoms with Crippen molar-refractivity contribution in [3.8, 4) is 0 Å². The van der Waals surface area contributed by atoms with Crippen LogP contribution >= 0.6 is 11.6 Å². The van der Waals surface area contributed by atoms with Gasteiger partial charge < -0.3 is 5.11 Å². The highest BCUT2D eigenvalue weighted by Gasteiger charge is 2.37. The maximum Gasteiger partial charge on any atom is 0.316 e. The molecule has 3 nitrogen and oxygen atoms in total. The van der Waals surface area contributed by atoms with Crippen LogP contribution in [0.15, 0.2) is 18.2 Å². The normalized spacial score (nSPS) is 11.2. The molecule has 0 aliphatic heterocycles. The van der Waals surface area contributed by atoms with E-state index in [9.17, 15) is 14.0 Å². The first-order chi connectivity index (χ1) is 7.26. The van der Waals surface area contributed by atoms with Crippen molar-refractivity contribution in [3.05, 3.63) is 34.6 Å². The smallest absolute Gasteiger partial charge is 0.316 e. The number of ketones is 1. The van der Waals surface area contributed by atoms with Gasteiger partial charge in [0.1, 0.15) is 11.2 Å². The molecule has 0 fully saturated rings.